The zero-order valence-corrected chi connectivity index (χ0v) is 9.43. The smallest absolute Gasteiger partial charge is 0.179 e. The van der Waals surface area contributed by atoms with Crippen molar-refractivity contribution in [2.45, 2.75) is 13.0 Å². The van der Waals surface area contributed by atoms with Crippen LogP contribution in [-0.4, -0.2) is 48.0 Å². The molecule has 0 spiro atoms. The average molecular weight is 220 g/mol. The van der Waals surface area contributed by atoms with E-state index in [4.69, 9.17) is 4.74 Å². The topological polar surface area (TPSA) is 42.4 Å². The predicted octanol–water partition coefficient (Wildman–Crippen LogP) is 0.985. The third-order valence-corrected chi connectivity index (χ3v) is 2.94. The van der Waals surface area contributed by atoms with E-state index in [0.717, 1.165) is 18.7 Å². The second-order valence-electron chi connectivity index (χ2n) is 3.92. The maximum atomic E-state index is 12.1. The number of ether oxygens (including phenoxy) is 1. The first kappa shape index (κ1) is 11.2. The van der Waals surface area contributed by atoms with Crippen LogP contribution in [0.3, 0.4) is 0 Å². The summed E-state index contributed by atoms with van der Waals surface area (Å²) in [6.07, 6.45) is 3.30. The first-order chi connectivity index (χ1) is 7.79. The minimum atomic E-state index is -0.0775. The van der Waals surface area contributed by atoms with Crippen LogP contribution in [0.5, 0.6) is 0 Å². The molecule has 0 amide bonds. The normalized spacial score (nSPS) is 19.3. The van der Waals surface area contributed by atoms with Gasteiger partial charge in [0, 0.05) is 31.0 Å². The number of pyridine rings is 1. The number of ketones is 1. The molecule has 16 heavy (non-hydrogen) atoms. The number of hydrogen-bond donors (Lipinski definition) is 0. The van der Waals surface area contributed by atoms with Gasteiger partial charge in [-0.05, 0) is 19.1 Å². The van der Waals surface area contributed by atoms with Gasteiger partial charge in [-0.2, -0.15) is 0 Å². The molecule has 4 heteroatoms. The molecular weight excluding hydrogens is 204 g/mol. The zero-order valence-electron chi connectivity index (χ0n) is 9.43. The van der Waals surface area contributed by atoms with E-state index in [-0.39, 0.29) is 11.8 Å². The fraction of sp³-hybridized carbons (Fsp3) is 0.500. The van der Waals surface area contributed by atoms with Gasteiger partial charge in [0.25, 0.3) is 0 Å². The van der Waals surface area contributed by atoms with Crippen LogP contribution in [-0.2, 0) is 4.74 Å². The van der Waals surface area contributed by atoms with Gasteiger partial charge in [-0.25, -0.2) is 0 Å². The number of carbonyl (C=O) groups excluding carboxylic acids is 1. The molecule has 1 atom stereocenters. The van der Waals surface area contributed by atoms with Crippen molar-refractivity contribution in [2.75, 3.05) is 26.3 Å². The fourth-order valence-electron chi connectivity index (χ4n) is 1.89. The summed E-state index contributed by atoms with van der Waals surface area (Å²) in [7, 11) is 0. The molecule has 0 aliphatic carbocycles. The molecule has 2 heterocycles. The van der Waals surface area contributed by atoms with Crippen molar-refractivity contribution in [3.05, 3.63) is 30.1 Å². The molecule has 1 aromatic rings. The van der Waals surface area contributed by atoms with Gasteiger partial charge in [0.1, 0.15) is 0 Å². The standard InChI is InChI=1S/C12H16N2O2/c1-10(14-6-8-16-9-7-14)12(15)11-2-4-13-5-3-11/h2-5,10H,6-9H2,1H3/t10-/m0/s1. The SMILES string of the molecule is C[C@@H](C(=O)c1ccncc1)N1CCOCC1. The van der Waals surface area contributed by atoms with Crippen LogP contribution in [0.1, 0.15) is 17.3 Å². The summed E-state index contributed by atoms with van der Waals surface area (Å²) in [6.45, 7) is 5.05. The highest BCUT2D eigenvalue weighted by atomic mass is 16.5. The van der Waals surface area contributed by atoms with Crippen LogP contribution in [0.2, 0.25) is 0 Å². The lowest BCUT2D eigenvalue weighted by atomic mass is 10.1. The number of hydrogen-bond acceptors (Lipinski definition) is 4. The Kier molecular flexibility index (Phi) is 3.64. The fourth-order valence-corrected chi connectivity index (χ4v) is 1.89. The van der Waals surface area contributed by atoms with E-state index >= 15 is 0 Å². The highest BCUT2D eigenvalue weighted by molar-refractivity contribution is 5.99. The van der Waals surface area contributed by atoms with Gasteiger partial charge in [-0.1, -0.05) is 0 Å². The number of morpholine rings is 1. The minimum Gasteiger partial charge on any atom is -0.379 e. The van der Waals surface area contributed by atoms with Crippen molar-refractivity contribution >= 4 is 5.78 Å². The van der Waals surface area contributed by atoms with Crippen LogP contribution in [0.4, 0.5) is 0 Å². The van der Waals surface area contributed by atoms with Crippen LogP contribution in [0.25, 0.3) is 0 Å². The van der Waals surface area contributed by atoms with Crippen molar-refractivity contribution < 1.29 is 9.53 Å². The number of nitrogens with zero attached hydrogens (tertiary/aromatic N) is 2. The van der Waals surface area contributed by atoms with E-state index in [1.165, 1.54) is 0 Å². The van der Waals surface area contributed by atoms with Gasteiger partial charge in [-0.3, -0.25) is 14.7 Å². The second kappa shape index (κ2) is 5.18. The molecule has 0 saturated carbocycles. The molecule has 1 aliphatic rings. The molecule has 0 radical (unpaired) electrons. The Balaban J connectivity index is 2.04. The number of carbonyl (C=O) groups is 1. The Hall–Kier alpha value is -1.26. The second-order valence-corrected chi connectivity index (χ2v) is 3.92. The lowest BCUT2D eigenvalue weighted by Gasteiger charge is -2.31. The molecule has 2 rings (SSSR count). The van der Waals surface area contributed by atoms with E-state index in [2.05, 4.69) is 9.88 Å². The van der Waals surface area contributed by atoms with Gasteiger partial charge >= 0.3 is 0 Å². The van der Waals surface area contributed by atoms with E-state index in [0.29, 0.717) is 13.2 Å². The lowest BCUT2D eigenvalue weighted by molar-refractivity contribution is 0.0208. The highest BCUT2D eigenvalue weighted by Gasteiger charge is 2.23. The van der Waals surface area contributed by atoms with E-state index in [1.807, 2.05) is 6.92 Å². The van der Waals surface area contributed by atoms with Crippen molar-refractivity contribution in [1.82, 2.24) is 9.88 Å². The third kappa shape index (κ3) is 2.46. The molecule has 4 nitrogen and oxygen atoms in total. The largest absolute Gasteiger partial charge is 0.379 e. The summed E-state index contributed by atoms with van der Waals surface area (Å²) in [5.74, 6) is 0.157. The minimum absolute atomic E-state index is 0.0775. The molecule has 1 aromatic heterocycles. The summed E-state index contributed by atoms with van der Waals surface area (Å²) in [5.41, 5.74) is 0.731. The van der Waals surface area contributed by atoms with Crippen LogP contribution < -0.4 is 0 Å². The molecular formula is C12H16N2O2. The Morgan fingerprint density at radius 1 is 1.38 bits per heavy atom. The summed E-state index contributed by atoms with van der Waals surface area (Å²) in [6, 6.07) is 3.45. The summed E-state index contributed by atoms with van der Waals surface area (Å²) < 4.78 is 5.27. The maximum Gasteiger partial charge on any atom is 0.179 e. The molecule has 0 bridgehead atoms. The zero-order chi connectivity index (χ0) is 11.4. The Morgan fingerprint density at radius 3 is 2.62 bits per heavy atom. The number of Topliss-reactive ketones (excluding diaryl/α,β-unsaturated/α-hetero) is 1. The van der Waals surface area contributed by atoms with Crippen molar-refractivity contribution in [2.24, 2.45) is 0 Å². The molecule has 0 aromatic carbocycles. The summed E-state index contributed by atoms with van der Waals surface area (Å²) >= 11 is 0. The molecule has 1 aliphatic heterocycles. The first-order valence-electron chi connectivity index (χ1n) is 5.55. The Labute approximate surface area is 95.2 Å². The monoisotopic (exact) mass is 220 g/mol. The first-order valence-corrected chi connectivity index (χ1v) is 5.55. The number of rotatable bonds is 3. The quantitative estimate of drug-likeness (QED) is 0.712. The Bertz CT molecular complexity index is 347. The van der Waals surface area contributed by atoms with Gasteiger partial charge < -0.3 is 4.74 Å². The number of aromatic nitrogens is 1. The van der Waals surface area contributed by atoms with Gasteiger partial charge in [-0.15, -0.1) is 0 Å². The summed E-state index contributed by atoms with van der Waals surface area (Å²) in [4.78, 5) is 18.2. The van der Waals surface area contributed by atoms with Crippen molar-refractivity contribution in [1.29, 1.82) is 0 Å². The molecule has 86 valence electrons. The lowest BCUT2D eigenvalue weighted by Crippen LogP contribution is -2.45. The van der Waals surface area contributed by atoms with Crippen molar-refractivity contribution in [3.63, 3.8) is 0 Å². The van der Waals surface area contributed by atoms with Crippen LogP contribution >= 0.6 is 0 Å². The average Bonchev–Trinajstić information content (AvgIpc) is 2.39. The van der Waals surface area contributed by atoms with E-state index in [1.54, 1.807) is 24.5 Å². The third-order valence-electron chi connectivity index (χ3n) is 2.94. The molecule has 0 N–H and O–H groups in total. The molecule has 0 unspecified atom stereocenters. The Morgan fingerprint density at radius 2 is 2.00 bits per heavy atom. The van der Waals surface area contributed by atoms with Crippen LogP contribution in [0, 0.1) is 0 Å². The summed E-state index contributed by atoms with van der Waals surface area (Å²) in [5, 5.41) is 0. The molecule has 1 fully saturated rings. The van der Waals surface area contributed by atoms with Gasteiger partial charge in [0.2, 0.25) is 0 Å². The van der Waals surface area contributed by atoms with Crippen LogP contribution in [0.15, 0.2) is 24.5 Å². The van der Waals surface area contributed by atoms with Crippen molar-refractivity contribution in [3.8, 4) is 0 Å². The maximum absolute atomic E-state index is 12.1. The molecule has 1 saturated heterocycles. The van der Waals surface area contributed by atoms with Gasteiger partial charge in [0.05, 0.1) is 19.3 Å². The van der Waals surface area contributed by atoms with E-state index < -0.39 is 0 Å². The van der Waals surface area contributed by atoms with Gasteiger partial charge in [0.15, 0.2) is 5.78 Å². The van der Waals surface area contributed by atoms with E-state index in [9.17, 15) is 4.79 Å². The highest BCUT2D eigenvalue weighted by Crippen LogP contribution is 2.10. The predicted molar refractivity (Wildman–Crippen MR) is 60.4 cm³/mol.